The van der Waals surface area contributed by atoms with Crippen LogP contribution in [0.2, 0.25) is 0 Å². The fourth-order valence-corrected chi connectivity index (χ4v) is 3.74. The Morgan fingerprint density at radius 2 is 1.97 bits per heavy atom. The Hall–Kier alpha value is -3.71. The molecule has 0 saturated heterocycles. The van der Waals surface area contributed by atoms with Gasteiger partial charge < -0.3 is 14.2 Å². The summed E-state index contributed by atoms with van der Waals surface area (Å²) in [5.74, 6) is 0.956. The van der Waals surface area contributed by atoms with Gasteiger partial charge in [-0.2, -0.15) is 0 Å². The predicted molar refractivity (Wildman–Crippen MR) is 110 cm³/mol. The van der Waals surface area contributed by atoms with E-state index in [9.17, 15) is 4.79 Å². The van der Waals surface area contributed by atoms with Crippen LogP contribution < -0.4 is 5.32 Å². The van der Waals surface area contributed by atoms with E-state index in [4.69, 9.17) is 8.83 Å². The number of rotatable bonds is 5. The fourth-order valence-electron chi connectivity index (χ4n) is 3.08. The maximum Gasteiger partial charge on any atom is 0.252 e. The van der Waals surface area contributed by atoms with Gasteiger partial charge in [0.1, 0.15) is 12.0 Å². The number of hydrogen-bond donors (Lipinski definition) is 1. The summed E-state index contributed by atoms with van der Waals surface area (Å²) in [7, 11) is 0. The minimum absolute atomic E-state index is 0.211. The van der Waals surface area contributed by atoms with Crippen LogP contribution in [-0.2, 0) is 6.54 Å². The normalized spacial score (nSPS) is 11.0. The molecule has 0 saturated carbocycles. The third kappa shape index (κ3) is 3.43. The van der Waals surface area contributed by atoms with Gasteiger partial charge in [0.25, 0.3) is 5.91 Å². The van der Waals surface area contributed by atoms with Crippen molar-refractivity contribution in [3.05, 3.63) is 83.8 Å². The number of aromatic nitrogens is 2. The van der Waals surface area contributed by atoms with Gasteiger partial charge in [-0.3, -0.25) is 4.79 Å². The summed E-state index contributed by atoms with van der Waals surface area (Å²) in [5, 5.41) is 5.66. The summed E-state index contributed by atoms with van der Waals surface area (Å²) >= 11 is 1.55. The molecule has 0 radical (unpaired) electrons. The molecule has 0 aliphatic rings. The quantitative estimate of drug-likeness (QED) is 0.441. The van der Waals surface area contributed by atoms with Crippen molar-refractivity contribution in [2.75, 3.05) is 0 Å². The lowest BCUT2D eigenvalue weighted by molar-refractivity contribution is 0.0952. The molecule has 6 nitrogen and oxygen atoms in total. The maximum atomic E-state index is 13.0. The first-order valence-corrected chi connectivity index (χ1v) is 9.86. The second kappa shape index (κ2) is 7.37. The van der Waals surface area contributed by atoms with E-state index in [1.54, 1.807) is 36.0 Å². The van der Waals surface area contributed by atoms with Gasteiger partial charge >= 0.3 is 0 Å². The number of benzene rings is 1. The highest BCUT2D eigenvalue weighted by Crippen LogP contribution is 2.26. The van der Waals surface area contributed by atoms with Crippen LogP contribution in [0.25, 0.3) is 33.1 Å². The highest BCUT2D eigenvalue weighted by molar-refractivity contribution is 7.13. The van der Waals surface area contributed by atoms with Crippen molar-refractivity contribution >= 4 is 28.1 Å². The Balaban J connectivity index is 1.42. The zero-order valence-corrected chi connectivity index (χ0v) is 16.0. The van der Waals surface area contributed by atoms with Gasteiger partial charge in [0.15, 0.2) is 5.76 Å². The number of oxazole rings is 1. The molecule has 0 aliphatic carbocycles. The molecule has 0 spiro atoms. The molecule has 0 bridgehead atoms. The molecule has 4 aromatic heterocycles. The van der Waals surface area contributed by atoms with E-state index in [-0.39, 0.29) is 12.5 Å². The van der Waals surface area contributed by atoms with Gasteiger partial charge in [-0.25, -0.2) is 9.97 Å². The number of carbonyl (C=O) groups excluding carboxylic acids is 1. The lowest BCUT2D eigenvalue weighted by Gasteiger charge is -2.09. The van der Waals surface area contributed by atoms with Crippen molar-refractivity contribution < 1.29 is 13.6 Å². The fraction of sp³-hybridized carbons (Fsp3) is 0.0455. The summed E-state index contributed by atoms with van der Waals surface area (Å²) in [6.07, 6.45) is 3.15. The van der Waals surface area contributed by atoms with E-state index in [1.165, 1.54) is 0 Å². The number of para-hydroxylation sites is 1. The monoisotopic (exact) mass is 401 g/mol. The molecule has 0 unspecified atom stereocenters. The highest BCUT2D eigenvalue weighted by Gasteiger charge is 2.16. The number of carbonyl (C=O) groups is 1. The number of furan rings is 1. The summed E-state index contributed by atoms with van der Waals surface area (Å²) in [5.41, 5.74) is 2.53. The predicted octanol–water partition coefficient (Wildman–Crippen LogP) is 5.14. The first-order valence-electron chi connectivity index (χ1n) is 8.98. The van der Waals surface area contributed by atoms with Crippen LogP contribution in [0.4, 0.5) is 0 Å². The lowest BCUT2D eigenvalue weighted by atomic mass is 10.1. The standard InChI is InChI=1S/C22H15N3O3S/c26-21(23-12-14-13-28-22(24-14)20-8-4-10-29-20)16-11-18(19-7-3-9-27-19)25-17-6-2-1-5-15(16)17/h1-11,13H,12H2,(H,23,26). The molecular formula is C22H15N3O3S. The van der Waals surface area contributed by atoms with Crippen LogP contribution in [0, 0.1) is 0 Å². The second-order valence-electron chi connectivity index (χ2n) is 6.35. The number of amides is 1. The largest absolute Gasteiger partial charge is 0.463 e. The van der Waals surface area contributed by atoms with Crippen LogP contribution in [0.5, 0.6) is 0 Å². The van der Waals surface area contributed by atoms with E-state index in [0.717, 1.165) is 15.8 Å². The smallest absolute Gasteiger partial charge is 0.252 e. The van der Waals surface area contributed by atoms with E-state index in [2.05, 4.69) is 15.3 Å². The first kappa shape index (κ1) is 17.4. The Morgan fingerprint density at radius 3 is 2.79 bits per heavy atom. The molecule has 0 aliphatic heterocycles. The molecule has 0 atom stereocenters. The molecule has 29 heavy (non-hydrogen) atoms. The molecule has 4 heterocycles. The minimum Gasteiger partial charge on any atom is -0.463 e. The molecule has 7 heteroatoms. The van der Waals surface area contributed by atoms with Crippen molar-refractivity contribution in [2.45, 2.75) is 6.54 Å². The van der Waals surface area contributed by atoms with E-state index in [0.29, 0.717) is 28.6 Å². The average Bonchev–Trinajstić information content (AvgIpc) is 3.53. The van der Waals surface area contributed by atoms with Crippen LogP contribution >= 0.6 is 11.3 Å². The van der Waals surface area contributed by atoms with Crippen LogP contribution in [-0.4, -0.2) is 15.9 Å². The third-order valence-corrected chi connectivity index (χ3v) is 5.31. The first-order chi connectivity index (χ1) is 14.3. The molecule has 1 N–H and O–H groups in total. The van der Waals surface area contributed by atoms with Gasteiger partial charge in [0, 0.05) is 5.39 Å². The van der Waals surface area contributed by atoms with Crippen LogP contribution in [0.1, 0.15) is 16.1 Å². The molecular weight excluding hydrogens is 386 g/mol. The molecule has 1 amide bonds. The van der Waals surface area contributed by atoms with Gasteiger partial charge in [-0.15, -0.1) is 11.3 Å². The summed E-state index contributed by atoms with van der Waals surface area (Å²) < 4.78 is 11.0. The zero-order valence-electron chi connectivity index (χ0n) is 15.2. The third-order valence-electron chi connectivity index (χ3n) is 4.45. The van der Waals surface area contributed by atoms with Crippen molar-refractivity contribution in [1.29, 1.82) is 0 Å². The molecule has 1 aromatic carbocycles. The Bertz CT molecular complexity index is 1270. The molecule has 0 fully saturated rings. The van der Waals surface area contributed by atoms with Crippen molar-refractivity contribution in [1.82, 2.24) is 15.3 Å². The van der Waals surface area contributed by atoms with Crippen molar-refractivity contribution in [3.8, 4) is 22.2 Å². The van der Waals surface area contributed by atoms with Crippen molar-refractivity contribution in [3.63, 3.8) is 0 Å². The topological polar surface area (TPSA) is 81.2 Å². The van der Waals surface area contributed by atoms with Crippen LogP contribution in [0.15, 0.2) is 81.3 Å². The van der Waals surface area contributed by atoms with Crippen molar-refractivity contribution in [2.24, 2.45) is 0 Å². The zero-order chi connectivity index (χ0) is 19.6. The number of thiophene rings is 1. The Morgan fingerprint density at radius 1 is 1.03 bits per heavy atom. The number of nitrogens with zero attached hydrogens (tertiary/aromatic N) is 2. The lowest BCUT2D eigenvalue weighted by Crippen LogP contribution is -2.23. The second-order valence-corrected chi connectivity index (χ2v) is 7.30. The van der Waals surface area contributed by atoms with Crippen LogP contribution in [0.3, 0.4) is 0 Å². The molecule has 5 rings (SSSR count). The summed E-state index contributed by atoms with van der Waals surface area (Å²) in [4.78, 5) is 23.0. The van der Waals surface area contributed by atoms with Gasteiger partial charge in [0.05, 0.1) is 34.5 Å². The number of hydrogen-bond acceptors (Lipinski definition) is 6. The summed E-state index contributed by atoms with van der Waals surface area (Å²) in [6.45, 7) is 0.264. The maximum absolute atomic E-state index is 13.0. The van der Waals surface area contributed by atoms with E-state index >= 15 is 0 Å². The number of fused-ring (bicyclic) bond motifs is 1. The van der Waals surface area contributed by atoms with E-state index in [1.807, 2.05) is 47.8 Å². The van der Waals surface area contributed by atoms with E-state index < -0.39 is 0 Å². The number of pyridine rings is 1. The highest BCUT2D eigenvalue weighted by atomic mass is 32.1. The van der Waals surface area contributed by atoms with Gasteiger partial charge in [-0.1, -0.05) is 24.3 Å². The minimum atomic E-state index is -0.211. The Labute approximate surface area is 169 Å². The Kier molecular flexibility index (Phi) is 4.42. The average molecular weight is 401 g/mol. The SMILES string of the molecule is O=C(NCc1coc(-c2cccs2)n1)c1cc(-c2ccco2)nc2ccccc12. The molecule has 142 valence electrons. The summed E-state index contributed by atoms with van der Waals surface area (Å²) in [6, 6.07) is 16.8. The molecule has 5 aromatic rings. The number of nitrogens with one attached hydrogen (secondary N) is 1. The van der Waals surface area contributed by atoms with Gasteiger partial charge in [0.2, 0.25) is 5.89 Å². The van der Waals surface area contributed by atoms with Gasteiger partial charge in [-0.05, 0) is 35.7 Å².